The van der Waals surface area contributed by atoms with Crippen LogP contribution in [0.3, 0.4) is 0 Å². The first-order valence-electron chi connectivity index (χ1n) is 10.1. The summed E-state index contributed by atoms with van der Waals surface area (Å²) in [6.45, 7) is 3.29. The second-order valence-electron chi connectivity index (χ2n) is 7.66. The molecule has 9 nitrogen and oxygen atoms in total. The lowest BCUT2D eigenvalue weighted by molar-refractivity contribution is 0.124. The standard InChI is InChI=1S/C21H24N4O5S2/c1-16(21-22-20(23-30-21)17-8-4-3-5-9-17)24-12-14-25(15-13-24)32(28,29)19-11-7-6-10-18(19)31(2,26)27/h3-11,16H,12-15H2,1-2H3. The van der Waals surface area contributed by atoms with E-state index in [0.717, 1.165) is 11.8 Å². The van der Waals surface area contributed by atoms with Crippen molar-refractivity contribution in [2.45, 2.75) is 22.8 Å². The zero-order valence-electron chi connectivity index (χ0n) is 17.7. The normalized spacial score (nSPS) is 17.3. The number of aromatic nitrogens is 2. The summed E-state index contributed by atoms with van der Waals surface area (Å²) in [5.74, 6) is 0.966. The molecule has 0 aliphatic carbocycles. The van der Waals surface area contributed by atoms with Crippen LogP contribution in [0.1, 0.15) is 18.9 Å². The van der Waals surface area contributed by atoms with E-state index in [0.29, 0.717) is 24.8 Å². The van der Waals surface area contributed by atoms with Crippen molar-refractivity contribution in [3.05, 3.63) is 60.5 Å². The molecule has 170 valence electrons. The van der Waals surface area contributed by atoms with Crippen molar-refractivity contribution in [1.29, 1.82) is 0 Å². The Morgan fingerprint density at radius 2 is 1.47 bits per heavy atom. The number of piperazine rings is 1. The van der Waals surface area contributed by atoms with Crippen molar-refractivity contribution >= 4 is 19.9 Å². The molecule has 2 heterocycles. The lowest BCUT2D eigenvalue weighted by atomic mass is 10.2. The van der Waals surface area contributed by atoms with Crippen molar-refractivity contribution in [2.75, 3.05) is 32.4 Å². The van der Waals surface area contributed by atoms with Gasteiger partial charge < -0.3 is 4.52 Å². The zero-order valence-corrected chi connectivity index (χ0v) is 19.4. The van der Waals surface area contributed by atoms with Gasteiger partial charge in [0, 0.05) is 38.0 Å². The van der Waals surface area contributed by atoms with Gasteiger partial charge in [-0.15, -0.1) is 0 Å². The number of nitrogens with zero attached hydrogens (tertiary/aromatic N) is 4. The molecule has 0 radical (unpaired) electrons. The van der Waals surface area contributed by atoms with E-state index in [1.54, 1.807) is 0 Å². The summed E-state index contributed by atoms with van der Waals surface area (Å²) in [6.07, 6.45) is 1.01. The number of hydrogen-bond acceptors (Lipinski definition) is 8. The number of rotatable bonds is 6. The Morgan fingerprint density at radius 1 is 0.875 bits per heavy atom. The second-order valence-corrected chi connectivity index (χ2v) is 11.5. The van der Waals surface area contributed by atoms with Crippen molar-refractivity contribution < 1.29 is 21.4 Å². The monoisotopic (exact) mass is 476 g/mol. The third-order valence-electron chi connectivity index (χ3n) is 5.52. The minimum atomic E-state index is -3.95. The van der Waals surface area contributed by atoms with E-state index in [9.17, 15) is 16.8 Å². The Hall–Kier alpha value is -2.60. The SMILES string of the molecule is CC(c1nc(-c2ccccc2)no1)N1CCN(S(=O)(=O)c2ccccc2S(C)(=O)=O)CC1. The van der Waals surface area contributed by atoms with E-state index in [1.165, 1.54) is 28.6 Å². The maximum Gasteiger partial charge on any atom is 0.244 e. The number of sulfonamides is 1. The molecule has 11 heteroatoms. The predicted molar refractivity (Wildman–Crippen MR) is 118 cm³/mol. The fourth-order valence-corrected chi connectivity index (χ4v) is 6.73. The summed E-state index contributed by atoms with van der Waals surface area (Å²) >= 11 is 0. The molecule has 0 spiro atoms. The van der Waals surface area contributed by atoms with Crippen LogP contribution in [0.5, 0.6) is 0 Å². The van der Waals surface area contributed by atoms with Gasteiger partial charge in [-0.05, 0) is 19.1 Å². The zero-order chi connectivity index (χ0) is 22.9. The first-order chi connectivity index (χ1) is 15.2. The highest BCUT2D eigenvalue weighted by Gasteiger charge is 2.34. The molecular formula is C21H24N4O5S2. The van der Waals surface area contributed by atoms with Crippen LogP contribution in [0.2, 0.25) is 0 Å². The Morgan fingerprint density at radius 3 is 2.09 bits per heavy atom. The molecule has 4 rings (SSSR count). The molecule has 1 aliphatic rings. The molecule has 1 aromatic heterocycles. The van der Waals surface area contributed by atoms with Crippen LogP contribution < -0.4 is 0 Å². The summed E-state index contributed by atoms with van der Waals surface area (Å²) < 4.78 is 57.2. The highest BCUT2D eigenvalue weighted by Crippen LogP contribution is 2.27. The van der Waals surface area contributed by atoms with Gasteiger partial charge in [0.05, 0.1) is 10.9 Å². The molecule has 0 amide bonds. The van der Waals surface area contributed by atoms with Crippen molar-refractivity contribution in [2.24, 2.45) is 0 Å². The van der Waals surface area contributed by atoms with E-state index in [1.807, 2.05) is 37.3 Å². The maximum atomic E-state index is 13.2. The third-order valence-corrected chi connectivity index (χ3v) is 8.76. The first kappa shape index (κ1) is 22.6. The number of benzene rings is 2. The van der Waals surface area contributed by atoms with E-state index in [2.05, 4.69) is 15.0 Å². The molecule has 0 N–H and O–H groups in total. The Kier molecular flexibility index (Phi) is 6.17. The number of hydrogen-bond donors (Lipinski definition) is 0. The van der Waals surface area contributed by atoms with Gasteiger partial charge in [-0.1, -0.05) is 47.6 Å². The van der Waals surface area contributed by atoms with Gasteiger partial charge in [-0.3, -0.25) is 4.90 Å². The molecule has 1 atom stereocenters. The van der Waals surface area contributed by atoms with Gasteiger partial charge in [0.15, 0.2) is 9.84 Å². The highest BCUT2D eigenvalue weighted by molar-refractivity contribution is 7.93. The van der Waals surface area contributed by atoms with Gasteiger partial charge in [-0.2, -0.15) is 9.29 Å². The van der Waals surface area contributed by atoms with Crippen LogP contribution in [0, 0.1) is 0 Å². The average molecular weight is 477 g/mol. The quantitative estimate of drug-likeness (QED) is 0.532. The minimum absolute atomic E-state index is 0.185. The van der Waals surface area contributed by atoms with Crippen molar-refractivity contribution in [1.82, 2.24) is 19.3 Å². The molecule has 3 aromatic rings. The summed E-state index contributed by atoms with van der Waals surface area (Å²) in [5, 5.41) is 4.05. The fraction of sp³-hybridized carbons (Fsp3) is 0.333. The molecule has 1 unspecified atom stereocenters. The van der Waals surface area contributed by atoms with Gasteiger partial charge >= 0.3 is 0 Å². The van der Waals surface area contributed by atoms with E-state index >= 15 is 0 Å². The molecule has 1 fully saturated rings. The Bertz CT molecular complexity index is 1300. The van der Waals surface area contributed by atoms with Crippen LogP contribution in [0.4, 0.5) is 0 Å². The summed E-state index contributed by atoms with van der Waals surface area (Å²) in [5.41, 5.74) is 0.857. The first-order valence-corrected chi connectivity index (χ1v) is 13.4. The molecule has 0 saturated carbocycles. The van der Waals surface area contributed by atoms with E-state index in [4.69, 9.17) is 4.52 Å². The lowest BCUT2D eigenvalue weighted by Gasteiger charge is -2.36. The third kappa shape index (κ3) is 4.46. The molecule has 1 aliphatic heterocycles. The van der Waals surface area contributed by atoms with Crippen LogP contribution in [-0.2, 0) is 19.9 Å². The predicted octanol–water partition coefficient (Wildman–Crippen LogP) is 2.21. The Balaban J connectivity index is 1.47. The lowest BCUT2D eigenvalue weighted by Crippen LogP contribution is -2.49. The molecular weight excluding hydrogens is 452 g/mol. The minimum Gasteiger partial charge on any atom is -0.337 e. The van der Waals surface area contributed by atoms with Gasteiger partial charge in [-0.25, -0.2) is 16.8 Å². The van der Waals surface area contributed by atoms with Gasteiger partial charge in [0.25, 0.3) is 0 Å². The average Bonchev–Trinajstić information content (AvgIpc) is 3.29. The number of sulfone groups is 1. The summed E-state index contributed by atoms with van der Waals surface area (Å²) in [7, 11) is -7.63. The fourth-order valence-electron chi connectivity index (χ4n) is 3.71. The highest BCUT2D eigenvalue weighted by atomic mass is 32.2. The van der Waals surface area contributed by atoms with E-state index in [-0.39, 0.29) is 28.9 Å². The van der Waals surface area contributed by atoms with E-state index < -0.39 is 19.9 Å². The maximum absolute atomic E-state index is 13.2. The van der Waals surface area contributed by atoms with Crippen LogP contribution in [0.25, 0.3) is 11.4 Å². The van der Waals surface area contributed by atoms with Crippen molar-refractivity contribution in [3.8, 4) is 11.4 Å². The molecule has 1 saturated heterocycles. The van der Waals surface area contributed by atoms with Crippen LogP contribution in [-0.4, -0.2) is 68.6 Å². The van der Waals surface area contributed by atoms with Gasteiger partial charge in [0.1, 0.15) is 4.90 Å². The molecule has 2 aromatic carbocycles. The topological polar surface area (TPSA) is 114 Å². The summed E-state index contributed by atoms with van der Waals surface area (Å²) in [4.78, 5) is 6.19. The van der Waals surface area contributed by atoms with Gasteiger partial charge in [0.2, 0.25) is 21.7 Å². The largest absolute Gasteiger partial charge is 0.337 e. The smallest absolute Gasteiger partial charge is 0.244 e. The molecule has 0 bridgehead atoms. The van der Waals surface area contributed by atoms with Crippen molar-refractivity contribution in [3.63, 3.8) is 0 Å². The Labute approximate surface area is 187 Å². The molecule has 32 heavy (non-hydrogen) atoms. The summed E-state index contributed by atoms with van der Waals surface area (Å²) in [6, 6.07) is 15.0. The second kappa shape index (κ2) is 8.74. The van der Waals surface area contributed by atoms with Crippen LogP contribution >= 0.6 is 0 Å². The van der Waals surface area contributed by atoms with Crippen LogP contribution in [0.15, 0.2) is 68.9 Å².